The molecule has 4 aromatic rings. The van der Waals surface area contributed by atoms with Crippen molar-refractivity contribution in [3.8, 4) is 12.1 Å². The van der Waals surface area contributed by atoms with Gasteiger partial charge >= 0.3 is 0 Å². The van der Waals surface area contributed by atoms with E-state index in [0.29, 0.717) is 34.8 Å². The predicted molar refractivity (Wildman–Crippen MR) is 217 cm³/mol. The molecular formula is C44H57ClN8. The Balaban J connectivity index is 0.000000155. The van der Waals surface area contributed by atoms with Crippen LogP contribution in [0.5, 0.6) is 0 Å². The van der Waals surface area contributed by atoms with Gasteiger partial charge in [-0.05, 0) is 130 Å². The summed E-state index contributed by atoms with van der Waals surface area (Å²) in [4.78, 5) is 16.3. The largest absolute Gasteiger partial charge is 0.316 e. The molecule has 0 bridgehead atoms. The highest BCUT2D eigenvalue weighted by atomic mass is 35.5. The third kappa shape index (κ3) is 9.92. The van der Waals surface area contributed by atoms with E-state index in [1.165, 1.54) is 76.1 Å². The number of alkyl halides is 1. The number of hydrogen-bond donors (Lipinski definition) is 1. The number of fused-ring (bicyclic) bond motifs is 2. The van der Waals surface area contributed by atoms with E-state index in [-0.39, 0.29) is 0 Å². The predicted octanol–water partition coefficient (Wildman–Crippen LogP) is 7.48. The van der Waals surface area contributed by atoms with Crippen molar-refractivity contribution in [3.63, 3.8) is 0 Å². The normalized spacial score (nSPS) is 26.6. The fourth-order valence-corrected chi connectivity index (χ4v) is 9.46. The van der Waals surface area contributed by atoms with Crippen molar-refractivity contribution < 1.29 is 0 Å². The first kappa shape index (κ1) is 39.1. The first-order valence-electron chi connectivity index (χ1n) is 19.7. The summed E-state index contributed by atoms with van der Waals surface area (Å²) in [5.74, 6) is 4.86. The second-order valence-corrected chi connectivity index (χ2v) is 16.7. The quantitative estimate of drug-likeness (QED) is 0.211. The van der Waals surface area contributed by atoms with Gasteiger partial charge in [0.15, 0.2) is 0 Å². The minimum absolute atomic E-state index is 0.517. The van der Waals surface area contributed by atoms with Crippen molar-refractivity contribution in [3.05, 3.63) is 83.2 Å². The first-order chi connectivity index (χ1) is 25.8. The van der Waals surface area contributed by atoms with Crippen LogP contribution in [0.1, 0.15) is 73.6 Å². The number of piperidine rings is 2. The van der Waals surface area contributed by atoms with Crippen molar-refractivity contribution in [2.24, 2.45) is 23.7 Å². The fraction of sp³-hybridized carbons (Fsp3) is 0.545. The molecule has 4 aliphatic rings. The zero-order chi connectivity index (χ0) is 37.3. The maximum atomic E-state index is 9.40. The molecule has 0 aliphatic carbocycles. The van der Waals surface area contributed by atoms with Gasteiger partial charge in [0, 0.05) is 68.3 Å². The molecule has 53 heavy (non-hydrogen) atoms. The average Bonchev–Trinajstić information content (AvgIpc) is 3.80. The molecule has 0 saturated carbocycles. The lowest BCUT2D eigenvalue weighted by atomic mass is 9.83. The second-order valence-electron chi connectivity index (χ2n) is 16.4. The Kier molecular flexibility index (Phi) is 13.7. The van der Waals surface area contributed by atoms with E-state index in [9.17, 15) is 10.5 Å². The molecular weight excluding hydrogens is 676 g/mol. The van der Waals surface area contributed by atoms with Gasteiger partial charge in [0.1, 0.15) is 12.1 Å². The Morgan fingerprint density at radius 3 is 1.79 bits per heavy atom. The Hall–Kier alpha value is -3.63. The summed E-state index contributed by atoms with van der Waals surface area (Å²) in [6.07, 6.45) is 8.59. The van der Waals surface area contributed by atoms with Gasteiger partial charge in [0.05, 0.1) is 22.2 Å². The number of nitrogens with one attached hydrogen (secondary N) is 1. The smallest absolute Gasteiger partial charge is 0.101 e. The van der Waals surface area contributed by atoms with Crippen molar-refractivity contribution in [2.75, 3.05) is 78.9 Å². The number of aromatic nitrogens is 2. The summed E-state index contributed by atoms with van der Waals surface area (Å²) in [7, 11) is 4.38. The molecule has 0 amide bonds. The van der Waals surface area contributed by atoms with Crippen LogP contribution in [0.3, 0.4) is 0 Å². The lowest BCUT2D eigenvalue weighted by Crippen LogP contribution is -2.41. The van der Waals surface area contributed by atoms with Gasteiger partial charge in [-0.3, -0.25) is 9.97 Å². The summed E-state index contributed by atoms with van der Waals surface area (Å²) in [5, 5.41) is 24.4. The monoisotopic (exact) mass is 732 g/mol. The summed E-state index contributed by atoms with van der Waals surface area (Å²) in [6, 6.07) is 20.8. The zero-order valence-corrected chi connectivity index (χ0v) is 32.9. The van der Waals surface area contributed by atoms with E-state index < -0.39 is 0 Å². The highest BCUT2D eigenvalue weighted by Crippen LogP contribution is 2.36. The molecule has 8 nitrogen and oxygen atoms in total. The van der Waals surface area contributed by atoms with Gasteiger partial charge in [0.2, 0.25) is 0 Å². The molecule has 8 rings (SSSR count). The van der Waals surface area contributed by atoms with Gasteiger partial charge in [-0.25, -0.2) is 0 Å². The van der Waals surface area contributed by atoms with Crippen LogP contribution < -0.4 is 5.32 Å². The van der Waals surface area contributed by atoms with Crippen LogP contribution >= 0.6 is 11.6 Å². The molecule has 4 aliphatic heterocycles. The number of benzene rings is 2. The molecule has 0 spiro atoms. The van der Waals surface area contributed by atoms with Crippen LogP contribution in [0.4, 0.5) is 0 Å². The van der Waals surface area contributed by atoms with E-state index in [2.05, 4.69) is 94.3 Å². The number of likely N-dealkylation sites (tertiary alicyclic amines) is 3. The molecule has 4 saturated heterocycles. The number of pyridine rings is 2. The summed E-state index contributed by atoms with van der Waals surface area (Å²) in [5.41, 5.74) is 5.72. The topological polar surface area (TPSA) is 95.1 Å². The summed E-state index contributed by atoms with van der Waals surface area (Å²) < 4.78 is 0. The molecule has 4 fully saturated rings. The molecule has 6 heterocycles. The first-order valence-corrected chi connectivity index (χ1v) is 20.2. The fourth-order valence-electron chi connectivity index (χ4n) is 9.20. The SMILES string of the molecule is CC1CC(c2ccc(C#N)c3ncccc23)CN(CC2CCN(C)C2)C1.CC1CNCC(c2ccc(C#N)c3ncccc23)C1.CN1CCC(CCl)C1. The number of nitriles is 2. The Labute approximate surface area is 322 Å². The van der Waals surface area contributed by atoms with E-state index in [0.717, 1.165) is 59.2 Å². The maximum Gasteiger partial charge on any atom is 0.101 e. The van der Waals surface area contributed by atoms with Crippen LogP contribution in [0.25, 0.3) is 21.8 Å². The zero-order valence-electron chi connectivity index (χ0n) is 32.1. The van der Waals surface area contributed by atoms with E-state index >= 15 is 0 Å². The van der Waals surface area contributed by atoms with Crippen LogP contribution in [0.2, 0.25) is 0 Å². The van der Waals surface area contributed by atoms with E-state index in [4.69, 9.17) is 11.6 Å². The Morgan fingerprint density at radius 2 is 1.28 bits per heavy atom. The van der Waals surface area contributed by atoms with Crippen LogP contribution in [-0.2, 0) is 0 Å². The van der Waals surface area contributed by atoms with Crippen molar-refractivity contribution in [1.29, 1.82) is 10.5 Å². The second kappa shape index (κ2) is 18.6. The molecule has 6 unspecified atom stereocenters. The molecule has 2 aromatic heterocycles. The molecule has 9 heteroatoms. The van der Waals surface area contributed by atoms with E-state index in [1.807, 2.05) is 24.3 Å². The third-order valence-corrected chi connectivity index (χ3v) is 12.2. The number of halogens is 1. The van der Waals surface area contributed by atoms with Crippen LogP contribution in [0, 0.1) is 46.3 Å². The van der Waals surface area contributed by atoms with Gasteiger partial charge in [-0.2, -0.15) is 10.5 Å². The standard InChI is InChI=1S/C22H28N4.C16H17N3.C6H12ClN/c1-16-10-19(15-26(12-16)14-17-7-9-25(2)13-17)20-6-5-18(11-23)22-21(20)4-3-8-24-22;1-11-7-13(10-18-9-11)14-5-4-12(8-17)16-15(14)3-2-6-19-16;1-8-3-2-6(4-7)5-8/h3-6,8,16-17,19H,7,9-10,12-15H2,1-2H3;2-6,11,13,18H,7,9-10H2,1H3;6H,2-5H2,1H3. The number of rotatable bonds is 5. The summed E-state index contributed by atoms with van der Waals surface area (Å²) >= 11 is 5.65. The third-order valence-electron chi connectivity index (χ3n) is 11.7. The van der Waals surface area contributed by atoms with Crippen molar-refractivity contribution in [1.82, 2.24) is 30.0 Å². The highest BCUT2D eigenvalue weighted by Gasteiger charge is 2.30. The maximum absolute atomic E-state index is 9.40. The minimum Gasteiger partial charge on any atom is -0.316 e. The van der Waals surface area contributed by atoms with Crippen LogP contribution in [0.15, 0.2) is 60.9 Å². The number of hydrogen-bond acceptors (Lipinski definition) is 8. The highest BCUT2D eigenvalue weighted by molar-refractivity contribution is 6.18. The minimum atomic E-state index is 0.517. The molecule has 2 aromatic carbocycles. The van der Waals surface area contributed by atoms with Gasteiger partial charge in [-0.1, -0.05) is 38.1 Å². The van der Waals surface area contributed by atoms with E-state index in [1.54, 1.807) is 12.4 Å². The van der Waals surface area contributed by atoms with Gasteiger partial charge < -0.3 is 20.0 Å². The number of nitrogens with zero attached hydrogens (tertiary/aromatic N) is 7. The van der Waals surface area contributed by atoms with Crippen molar-refractivity contribution in [2.45, 2.75) is 51.4 Å². The molecule has 1 N–H and O–H groups in total. The lowest BCUT2D eigenvalue weighted by molar-refractivity contribution is 0.143. The van der Waals surface area contributed by atoms with Gasteiger partial charge in [0.25, 0.3) is 0 Å². The Bertz CT molecular complexity index is 1900. The lowest BCUT2D eigenvalue weighted by Gasteiger charge is -2.38. The summed E-state index contributed by atoms with van der Waals surface area (Å²) in [6.45, 7) is 15.2. The van der Waals surface area contributed by atoms with Crippen LogP contribution in [-0.4, -0.2) is 104 Å². The molecule has 280 valence electrons. The molecule has 0 radical (unpaired) electrons. The van der Waals surface area contributed by atoms with Crippen molar-refractivity contribution >= 4 is 33.4 Å². The molecule has 6 atom stereocenters. The Morgan fingerprint density at radius 1 is 0.717 bits per heavy atom. The van der Waals surface area contributed by atoms with Gasteiger partial charge in [-0.15, -0.1) is 11.6 Å². The average molecular weight is 733 g/mol.